The van der Waals surface area contributed by atoms with E-state index in [1.165, 1.54) is 70.9 Å². The summed E-state index contributed by atoms with van der Waals surface area (Å²) in [5.74, 6) is 3.84. The smallest absolute Gasteiger partial charge is 0.00179 e. The predicted octanol–water partition coefficient (Wildman–Crippen LogP) is 5.64. The van der Waals surface area contributed by atoms with Gasteiger partial charge in [-0.3, -0.25) is 0 Å². The first-order chi connectivity index (χ1) is 9.69. The third-order valence-electron chi connectivity index (χ3n) is 5.38. The number of hydrogen-bond acceptors (Lipinski definition) is 1. The van der Waals surface area contributed by atoms with Crippen LogP contribution in [0.25, 0.3) is 0 Å². The second-order valence-electron chi connectivity index (χ2n) is 7.39. The first-order valence-corrected chi connectivity index (χ1v) is 9.39. The Balaban J connectivity index is 2.39. The number of hydrogen-bond donors (Lipinski definition) is 1. The normalized spacial score (nSPS) is 27.1. The minimum atomic E-state index is 0.887. The van der Waals surface area contributed by atoms with Gasteiger partial charge in [-0.25, -0.2) is 0 Å². The van der Waals surface area contributed by atoms with E-state index >= 15 is 0 Å². The van der Waals surface area contributed by atoms with Crippen LogP contribution in [-0.4, -0.2) is 13.1 Å². The van der Waals surface area contributed by atoms with Gasteiger partial charge in [0.05, 0.1) is 0 Å². The number of rotatable bonds is 10. The summed E-state index contributed by atoms with van der Waals surface area (Å²) in [5.41, 5.74) is 0. The monoisotopic (exact) mass is 281 g/mol. The fourth-order valence-corrected chi connectivity index (χ4v) is 3.89. The maximum atomic E-state index is 3.68. The van der Waals surface area contributed by atoms with Gasteiger partial charge in [-0.05, 0) is 62.4 Å². The van der Waals surface area contributed by atoms with Crippen LogP contribution in [0.1, 0.15) is 85.5 Å². The predicted molar refractivity (Wildman–Crippen MR) is 91.1 cm³/mol. The van der Waals surface area contributed by atoms with Crippen molar-refractivity contribution >= 4 is 0 Å². The van der Waals surface area contributed by atoms with Gasteiger partial charge in [-0.2, -0.15) is 0 Å². The summed E-state index contributed by atoms with van der Waals surface area (Å²) in [4.78, 5) is 0. The first kappa shape index (κ1) is 18.0. The third kappa shape index (κ3) is 6.61. The molecule has 0 radical (unpaired) electrons. The van der Waals surface area contributed by atoms with Gasteiger partial charge < -0.3 is 5.32 Å². The topological polar surface area (TPSA) is 12.0 Å². The molecule has 0 saturated heterocycles. The molecule has 0 amide bonds. The molecule has 1 fully saturated rings. The highest BCUT2D eigenvalue weighted by Gasteiger charge is 2.30. The van der Waals surface area contributed by atoms with Crippen LogP contribution in [0.4, 0.5) is 0 Å². The number of unbranched alkanes of at least 4 members (excludes halogenated alkanes) is 3. The van der Waals surface area contributed by atoms with E-state index in [1.54, 1.807) is 0 Å². The molecule has 1 rings (SSSR count). The summed E-state index contributed by atoms with van der Waals surface area (Å²) in [5, 5.41) is 3.68. The summed E-state index contributed by atoms with van der Waals surface area (Å²) in [6.45, 7) is 11.9. The van der Waals surface area contributed by atoms with E-state index in [1.807, 2.05) is 0 Å². The van der Waals surface area contributed by atoms with Crippen LogP contribution in [0, 0.1) is 23.7 Å². The van der Waals surface area contributed by atoms with Crippen molar-refractivity contribution in [3.05, 3.63) is 0 Å². The second kappa shape index (κ2) is 10.7. The van der Waals surface area contributed by atoms with E-state index in [4.69, 9.17) is 0 Å². The van der Waals surface area contributed by atoms with Gasteiger partial charge >= 0.3 is 0 Å². The minimum Gasteiger partial charge on any atom is -0.316 e. The highest BCUT2D eigenvalue weighted by atomic mass is 14.9. The van der Waals surface area contributed by atoms with Crippen LogP contribution in [0.5, 0.6) is 0 Å². The molecule has 1 aliphatic carbocycles. The lowest BCUT2D eigenvalue weighted by Crippen LogP contribution is -2.34. The van der Waals surface area contributed by atoms with Gasteiger partial charge in [-0.1, -0.05) is 59.8 Å². The molecular weight excluding hydrogens is 242 g/mol. The second-order valence-corrected chi connectivity index (χ2v) is 7.39. The quantitative estimate of drug-likeness (QED) is 0.511. The molecule has 0 aromatic carbocycles. The zero-order valence-corrected chi connectivity index (χ0v) is 14.6. The Labute approximate surface area is 128 Å². The first-order valence-electron chi connectivity index (χ1n) is 9.39. The molecule has 1 N–H and O–H groups in total. The molecule has 1 aliphatic rings. The van der Waals surface area contributed by atoms with Crippen LogP contribution in [-0.2, 0) is 0 Å². The van der Waals surface area contributed by atoms with Crippen molar-refractivity contribution in [2.75, 3.05) is 13.1 Å². The van der Waals surface area contributed by atoms with Gasteiger partial charge in [-0.15, -0.1) is 0 Å². The van der Waals surface area contributed by atoms with Crippen LogP contribution < -0.4 is 5.32 Å². The Morgan fingerprint density at radius 2 is 1.75 bits per heavy atom. The molecule has 20 heavy (non-hydrogen) atoms. The maximum Gasteiger partial charge on any atom is -0.00179 e. The lowest BCUT2D eigenvalue weighted by atomic mass is 9.69. The van der Waals surface area contributed by atoms with Gasteiger partial charge in [0, 0.05) is 0 Å². The van der Waals surface area contributed by atoms with Crippen molar-refractivity contribution in [2.24, 2.45) is 23.7 Å². The van der Waals surface area contributed by atoms with E-state index in [0.717, 1.165) is 23.7 Å². The van der Waals surface area contributed by atoms with Crippen LogP contribution >= 0.6 is 0 Å². The Kier molecular flexibility index (Phi) is 9.59. The molecule has 0 bridgehead atoms. The summed E-state index contributed by atoms with van der Waals surface area (Å²) in [6.07, 6.45) is 12.9. The molecule has 120 valence electrons. The van der Waals surface area contributed by atoms with E-state index in [9.17, 15) is 0 Å². The fraction of sp³-hybridized carbons (Fsp3) is 1.00. The molecule has 0 spiro atoms. The molecule has 3 unspecified atom stereocenters. The molecule has 0 aromatic heterocycles. The summed E-state index contributed by atoms with van der Waals surface area (Å²) >= 11 is 0. The minimum absolute atomic E-state index is 0.887. The number of nitrogens with one attached hydrogen (secondary N) is 1. The average molecular weight is 282 g/mol. The van der Waals surface area contributed by atoms with Crippen molar-refractivity contribution < 1.29 is 0 Å². The molecule has 1 saturated carbocycles. The van der Waals surface area contributed by atoms with Crippen molar-refractivity contribution in [3.8, 4) is 0 Å². The lowest BCUT2D eigenvalue weighted by Gasteiger charge is -2.38. The van der Waals surface area contributed by atoms with Crippen molar-refractivity contribution in [1.82, 2.24) is 5.32 Å². The molecule has 1 heteroatoms. The molecule has 0 heterocycles. The van der Waals surface area contributed by atoms with Crippen molar-refractivity contribution in [1.29, 1.82) is 0 Å². The fourth-order valence-electron chi connectivity index (χ4n) is 3.89. The van der Waals surface area contributed by atoms with Crippen LogP contribution in [0.2, 0.25) is 0 Å². The highest BCUT2D eigenvalue weighted by Crippen LogP contribution is 2.39. The zero-order chi connectivity index (χ0) is 14.8. The molecule has 0 aliphatic heterocycles. The largest absolute Gasteiger partial charge is 0.316 e. The van der Waals surface area contributed by atoms with Crippen molar-refractivity contribution in [3.63, 3.8) is 0 Å². The highest BCUT2D eigenvalue weighted by molar-refractivity contribution is 4.82. The van der Waals surface area contributed by atoms with E-state index in [2.05, 4.69) is 33.0 Å². The van der Waals surface area contributed by atoms with Gasteiger partial charge in [0.2, 0.25) is 0 Å². The Hall–Kier alpha value is -0.0400. The molecule has 3 atom stereocenters. The summed E-state index contributed by atoms with van der Waals surface area (Å²) in [7, 11) is 0. The molecule has 1 nitrogen and oxygen atoms in total. The Morgan fingerprint density at radius 1 is 0.950 bits per heavy atom. The standard InChI is InChI=1S/C19H39N/c1-5-7-8-9-10-18-14-17(16(3)4)11-12-19(18)15-20-13-6-2/h16-20H,5-15H2,1-4H3. The molecular formula is C19H39N. The summed E-state index contributed by atoms with van der Waals surface area (Å²) < 4.78 is 0. The molecule has 0 aromatic rings. The van der Waals surface area contributed by atoms with Crippen molar-refractivity contribution in [2.45, 2.75) is 85.5 Å². The van der Waals surface area contributed by atoms with E-state index < -0.39 is 0 Å². The lowest BCUT2D eigenvalue weighted by molar-refractivity contribution is 0.135. The van der Waals surface area contributed by atoms with Gasteiger partial charge in [0.1, 0.15) is 0 Å². The SMILES string of the molecule is CCCCCCC1CC(C(C)C)CCC1CNCCC. The van der Waals surface area contributed by atoms with E-state index in [0.29, 0.717) is 0 Å². The third-order valence-corrected chi connectivity index (χ3v) is 5.38. The van der Waals surface area contributed by atoms with E-state index in [-0.39, 0.29) is 0 Å². The zero-order valence-electron chi connectivity index (χ0n) is 14.6. The summed E-state index contributed by atoms with van der Waals surface area (Å²) in [6, 6.07) is 0. The van der Waals surface area contributed by atoms with Crippen LogP contribution in [0.3, 0.4) is 0 Å². The Bertz CT molecular complexity index is 224. The maximum absolute atomic E-state index is 3.68. The Morgan fingerprint density at radius 3 is 2.40 bits per heavy atom. The van der Waals surface area contributed by atoms with Crippen LogP contribution in [0.15, 0.2) is 0 Å². The van der Waals surface area contributed by atoms with Gasteiger partial charge in [0.15, 0.2) is 0 Å². The average Bonchev–Trinajstić information content (AvgIpc) is 2.44. The van der Waals surface area contributed by atoms with Gasteiger partial charge in [0.25, 0.3) is 0 Å².